The molecule has 1 aliphatic rings. The first-order chi connectivity index (χ1) is 9.56. The fourth-order valence-electron chi connectivity index (χ4n) is 2.03. The molecule has 0 saturated carbocycles. The minimum absolute atomic E-state index is 0.193. The minimum Gasteiger partial charge on any atom is -0.466 e. The van der Waals surface area contributed by atoms with Crippen LogP contribution in [0.25, 0.3) is 0 Å². The zero-order chi connectivity index (χ0) is 16.0. The molecular weight excluding hydrogens is 254 g/mol. The Labute approximate surface area is 124 Å². The van der Waals surface area contributed by atoms with Gasteiger partial charge >= 0.3 is 5.97 Å². The van der Waals surface area contributed by atoms with Crippen LogP contribution in [0.5, 0.6) is 0 Å². The molecule has 1 fully saturated rings. The van der Waals surface area contributed by atoms with E-state index in [0.717, 1.165) is 38.6 Å². The molecule has 0 bridgehead atoms. The third kappa shape index (κ3) is 9.82. The van der Waals surface area contributed by atoms with Gasteiger partial charge in [0.25, 0.3) is 0 Å². The second kappa shape index (κ2) is 14.4. The normalized spacial score (nSPS) is 13.3. The summed E-state index contributed by atoms with van der Waals surface area (Å²) < 4.78 is 4.55. The van der Waals surface area contributed by atoms with Gasteiger partial charge in [0.1, 0.15) is 0 Å². The molecule has 1 aliphatic heterocycles. The van der Waals surface area contributed by atoms with Crippen molar-refractivity contribution in [3.05, 3.63) is 0 Å². The zero-order valence-electron chi connectivity index (χ0n) is 14.2. The molecule has 4 heteroatoms. The molecule has 0 radical (unpaired) electrons. The Balaban J connectivity index is 0. The highest BCUT2D eigenvalue weighted by atomic mass is 16.5. The summed E-state index contributed by atoms with van der Waals surface area (Å²) in [4.78, 5) is 23.3. The van der Waals surface area contributed by atoms with Crippen molar-refractivity contribution in [3.63, 3.8) is 0 Å². The number of amides is 1. The highest BCUT2D eigenvalue weighted by Crippen LogP contribution is 2.17. The smallest absolute Gasteiger partial charge is 0.302 e. The molecule has 1 rings (SSSR count). The molecule has 0 atom stereocenters. The number of rotatable bonds is 5. The van der Waals surface area contributed by atoms with Crippen LogP contribution in [0.4, 0.5) is 0 Å². The summed E-state index contributed by atoms with van der Waals surface area (Å²) in [7, 11) is 0. The van der Waals surface area contributed by atoms with Crippen molar-refractivity contribution < 1.29 is 14.3 Å². The molecule has 120 valence electrons. The molecule has 1 saturated heterocycles. The van der Waals surface area contributed by atoms with Gasteiger partial charge in [0.15, 0.2) is 0 Å². The van der Waals surface area contributed by atoms with E-state index in [4.69, 9.17) is 0 Å². The Morgan fingerprint density at radius 3 is 2.05 bits per heavy atom. The molecule has 1 amide bonds. The number of esters is 1. The van der Waals surface area contributed by atoms with Crippen LogP contribution >= 0.6 is 0 Å². The third-order valence-corrected chi connectivity index (χ3v) is 3.00. The summed E-state index contributed by atoms with van der Waals surface area (Å²) in [6.45, 7) is 13.2. The predicted molar refractivity (Wildman–Crippen MR) is 83.6 cm³/mol. The summed E-state index contributed by atoms with van der Waals surface area (Å²) in [6, 6.07) is 0.505. The number of likely N-dealkylation sites (tertiary alicyclic amines) is 1. The van der Waals surface area contributed by atoms with Crippen LogP contribution in [0.2, 0.25) is 0 Å². The highest BCUT2D eigenvalue weighted by molar-refractivity contribution is 5.78. The van der Waals surface area contributed by atoms with Crippen molar-refractivity contribution in [1.82, 2.24) is 4.90 Å². The molecule has 20 heavy (non-hydrogen) atoms. The van der Waals surface area contributed by atoms with E-state index in [-0.39, 0.29) is 5.97 Å². The van der Waals surface area contributed by atoms with Crippen LogP contribution in [-0.4, -0.2) is 36.0 Å². The maximum Gasteiger partial charge on any atom is 0.302 e. The van der Waals surface area contributed by atoms with E-state index in [0.29, 0.717) is 18.6 Å². The quantitative estimate of drug-likeness (QED) is 0.723. The second-order valence-corrected chi connectivity index (χ2v) is 4.50. The van der Waals surface area contributed by atoms with Crippen molar-refractivity contribution in [3.8, 4) is 0 Å². The summed E-state index contributed by atoms with van der Waals surface area (Å²) in [5.41, 5.74) is 0. The van der Waals surface area contributed by atoms with E-state index in [9.17, 15) is 9.59 Å². The Morgan fingerprint density at radius 1 is 1.25 bits per heavy atom. The van der Waals surface area contributed by atoms with Crippen molar-refractivity contribution in [2.24, 2.45) is 0 Å². The number of ether oxygens (including phenoxy) is 1. The van der Waals surface area contributed by atoms with Gasteiger partial charge < -0.3 is 9.64 Å². The molecule has 1 heterocycles. The molecule has 0 spiro atoms. The van der Waals surface area contributed by atoms with Crippen LogP contribution < -0.4 is 0 Å². The lowest BCUT2D eigenvalue weighted by molar-refractivity contribution is -0.141. The average Bonchev–Trinajstić information content (AvgIpc) is 2.87. The van der Waals surface area contributed by atoms with E-state index in [1.54, 1.807) is 0 Å². The SMILES string of the molecule is CC.CCC(CC)N1CCCC1=O.CCCOC(C)=O. The summed E-state index contributed by atoms with van der Waals surface area (Å²) in [5, 5.41) is 0. The number of carbonyl (C=O) groups is 2. The van der Waals surface area contributed by atoms with Crippen LogP contribution in [-0.2, 0) is 14.3 Å². The van der Waals surface area contributed by atoms with Gasteiger partial charge in [-0.05, 0) is 25.7 Å². The number of nitrogens with zero attached hydrogens (tertiary/aromatic N) is 1. The first-order valence-corrected chi connectivity index (χ1v) is 7.99. The van der Waals surface area contributed by atoms with Gasteiger partial charge in [0, 0.05) is 25.9 Å². The molecule has 4 nitrogen and oxygen atoms in total. The predicted octanol–water partition coefficient (Wildman–Crippen LogP) is 3.78. The Kier molecular flexibility index (Phi) is 15.2. The van der Waals surface area contributed by atoms with Crippen molar-refractivity contribution >= 4 is 11.9 Å². The molecule has 0 aromatic heterocycles. The Morgan fingerprint density at radius 2 is 1.80 bits per heavy atom. The highest BCUT2D eigenvalue weighted by Gasteiger charge is 2.25. The van der Waals surface area contributed by atoms with Crippen LogP contribution in [0.1, 0.15) is 73.6 Å². The summed E-state index contributed by atoms with van der Waals surface area (Å²) in [6.07, 6.45) is 4.94. The standard InChI is InChI=1S/C9H17NO.C5H10O2.C2H6/c1-3-8(4-2)10-7-5-6-9(10)11;1-3-4-7-5(2)6;1-2/h8H,3-7H2,1-2H3;3-4H2,1-2H3;1-2H3. The Hall–Kier alpha value is -1.06. The van der Waals surface area contributed by atoms with Gasteiger partial charge in [-0.25, -0.2) is 0 Å². The second-order valence-electron chi connectivity index (χ2n) is 4.50. The van der Waals surface area contributed by atoms with Crippen molar-refractivity contribution in [1.29, 1.82) is 0 Å². The van der Waals surface area contributed by atoms with Crippen LogP contribution in [0.15, 0.2) is 0 Å². The lowest BCUT2D eigenvalue weighted by Crippen LogP contribution is -2.35. The molecular formula is C16H33NO3. The van der Waals surface area contributed by atoms with Gasteiger partial charge in [0.2, 0.25) is 5.91 Å². The molecule has 0 aromatic carbocycles. The number of hydrogen-bond acceptors (Lipinski definition) is 3. The molecule has 0 aromatic rings. The average molecular weight is 287 g/mol. The maximum atomic E-state index is 11.3. The summed E-state index contributed by atoms with van der Waals surface area (Å²) >= 11 is 0. The topological polar surface area (TPSA) is 46.6 Å². The van der Waals surface area contributed by atoms with E-state index >= 15 is 0 Å². The lowest BCUT2D eigenvalue weighted by atomic mass is 10.1. The van der Waals surface area contributed by atoms with E-state index in [2.05, 4.69) is 18.6 Å². The zero-order valence-corrected chi connectivity index (χ0v) is 14.2. The maximum absolute atomic E-state index is 11.3. The first kappa shape index (κ1) is 21.2. The van der Waals surface area contributed by atoms with E-state index in [1.807, 2.05) is 25.7 Å². The summed E-state index contributed by atoms with van der Waals surface area (Å²) in [5.74, 6) is 0.167. The minimum atomic E-state index is -0.193. The fourth-order valence-corrected chi connectivity index (χ4v) is 2.03. The van der Waals surface area contributed by atoms with Gasteiger partial charge in [-0.1, -0.05) is 34.6 Å². The van der Waals surface area contributed by atoms with Gasteiger partial charge in [0.05, 0.1) is 6.61 Å². The third-order valence-electron chi connectivity index (χ3n) is 3.00. The van der Waals surface area contributed by atoms with Crippen LogP contribution in [0, 0.1) is 0 Å². The molecule has 0 unspecified atom stereocenters. The fraction of sp³-hybridized carbons (Fsp3) is 0.875. The van der Waals surface area contributed by atoms with E-state index < -0.39 is 0 Å². The lowest BCUT2D eigenvalue weighted by Gasteiger charge is -2.25. The van der Waals surface area contributed by atoms with Gasteiger partial charge in [-0.2, -0.15) is 0 Å². The van der Waals surface area contributed by atoms with Crippen molar-refractivity contribution in [2.75, 3.05) is 13.2 Å². The number of hydrogen-bond donors (Lipinski definition) is 0. The van der Waals surface area contributed by atoms with Crippen LogP contribution in [0.3, 0.4) is 0 Å². The monoisotopic (exact) mass is 287 g/mol. The van der Waals surface area contributed by atoms with Gasteiger partial charge in [-0.3, -0.25) is 9.59 Å². The first-order valence-electron chi connectivity index (χ1n) is 7.99. The van der Waals surface area contributed by atoms with E-state index in [1.165, 1.54) is 6.92 Å². The molecule has 0 N–H and O–H groups in total. The molecule has 0 aliphatic carbocycles. The number of carbonyl (C=O) groups excluding carboxylic acids is 2. The van der Waals surface area contributed by atoms with Crippen molar-refractivity contribution in [2.45, 2.75) is 79.7 Å². The largest absolute Gasteiger partial charge is 0.466 e. The van der Waals surface area contributed by atoms with Gasteiger partial charge in [-0.15, -0.1) is 0 Å². The Bertz CT molecular complexity index is 250.